The molecule has 0 radical (unpaired) electrons. The smallest absolute Gasteiger partial charge is 0.137 e. The normalized spacial score (nSPS) is 24.6. The van der Waals surface area contributed by atoms with E-state index in [1.165, 1.54) is 43.8 Å². The number of aromatic nitrogens is 3. The highest BCUT2D eigenvalue weighted by molar-refractivity contribution is 5.06. The Morgan fingerprint density at radius 2 is 2.00 bits per heavy atom. The Balaban J connectivity index is 1.73. The SMILES string of the molecule is CC(C)(O)CN1CCCC(c2nnc3n2CCCCC3)C1. The molecule has 0 saturated carbocycles. The van der Waals surface area contributed by atoms with Gasteiger partial charge in [0.25, 0.3) is 0 Å². The Morgan fingerprint density at radius 3 is 2.81 bits per heavy atom. The highest BCUT2D eigenvalue weighted by atomic mass is 16.3. The number of likely N-dealkylation sites (tertiary alicyclic amines) is 1. The largest absolute Gasteiger partial charge is 0.389 e. The summed E-state index contributed by atoms with van der Waals surface area (Å²) in [7, 11) is 0. The van der Waals surface area contributed by atoms with E-state index in [1.54, 1.807) is 0 Å². The van der Waals surface area contributed by atoms with Gasteiger partial charge < -0.3 is 9.67 Å². The van der Waals surface area contributed by atoms with Crippen LogP contribution in [0.5, 0.6) is 0 Å². The van der Waals surface area contributed by atoms with Crippen molar-refractivity contribution in [2.75, 3.05) is 19.6 Å². The van der Waals surface area contributed by atoms with Gasteiger partial charge in [0, 0.05) is 32.0 Å². The Bertz CT molecular complexity index is 477. The molecule has 1 N–H and O–H groups in total. The minimum Gasteiger partial charge on any atom is -0.389 e. The lowest BCUT2D eigenvalue weighted by Crippen LogP contribution is -2.43. The summed E-state index contributed by atoms with van der Waals surface area (Å²) in [4.78, 5) is 2.38. The third-order valence-corrected chi connectivity index (χ3v) is 4.62. The van der Waals surface area contributed by atoms with E-state index in [0.717, 1.165) is 32.6 Å². The van der Waals surface area contributed by atoms with Gasteiger partial charge in [-0.2, -0.15) is 0 Å². The van der Waals surface area contributed by atoms with Gasteiger partial charge in [-0.3, -0.25) is 4.90 Å². The fourth-order valence-corrected chi connectivity index (χ4v) is 3.77. The minimum atomic E-state index is -0.621. The highest BCUT2D eigenvalue weighted by Crippen LogP contribution is 2.28. The molecular formula is C16H28N4O. The number of fused-ring (bicyclic) bond motifs is 1. The lowest BCUT2D eigenvalue weighted by molar-refractivity contribution is 0.0265. The highest BCUT2D eigenvalue weighted by Gasteiger charge is 2.29. The second-order valence-electron chi connectivity index (χ2n) is 7.32. The molecule has 21 heavy (non-hydrogen) atoms. The van der Waals surface area contributed by atoms with Crippen LogP contribution in [0.3, 0.4) is 0 Å². The predicted molar refractivity (Wildman–Crippen MR) is 82.3 cm³/mol. The Morgan fingerprint density at radius 1 is 1.14 bits per heavy atom. The average Bonchev–Trinajstić information content (AvgIpc) is 2.66. The summed E-state index contributed by atoms with van der Waals surface area (Å²) in [5, 5.41) is 19.0. The number of rotatable bonds is 3. The van der Waals surface area contributed by atoms with Crippen LogP contribution in [-0.4, -0.2) is 50.0 Å². The number of aryl methyl sites for hydroxylation is 1. The monoisotopic (exact) mass is 292 g/mol. The maximum atomic E-state index is 10.0. The molecule has 1 fully saturated rings. The van der Waals surface area contributed by atoms with E-state index in [4.69, 9.17) is 0 Å². The van der Waals surface area contributed by atoms with Crippen molar-refractivity contribution in [2.45, 2.75) is 70.4 Å². The van der Waals surface area contributed by atoms with E-state index in [1.807, 2.05) is 13.8 Å². The number of aliphatic hydroxyl groups is 1. The molecule has 3 heterocycles. The molecule has 3 rings (SSSR count). The van der Waals surface area contributed by atoms with Gasteiger partial charge in [-0.05, 0) is 46.1 Å². The molecule has 2 aliphatic heterocycles. The van der Waals surface area contributed by atoms with Crippen LogP contribution >= 0.6 is 0 Å². The van der Waals surface area contributed by atoms with E-state index in [9.17, 15) is 5.11 Å². The minimum absolute atomic E-state index is 0.473. The number of hydrogen-bond donors (Lipinski definition) is 1. The van der Waals surface area contributed by atoms with Crippen LogP contribution in [0.2, 0.25) is 0 Å². The second kappa shape index (κ2) is 6.05. The summed E-state index contributed by atoms with van der Waals surface area (Å²) >= 11 is 0. The third kappa shape index (κ3) is 3.64. The van der Waals surface area contributed by atoms with Crippen LogP contribution < -0.4 is 0 Å². The summed E-state index contributed by atoms with van der Waals surface area (Å²) in [6.45, 7) is 7.69. The summed E-state index contributed by atoms with van der Waals surface area (Å²) in [6, 6.07) is 0. The van der Waals surface area contributed by atoms with Crippen molar-refractivity contribution in [3.8, 4) is 0 Å². The van der Waals surface area contributed by atoms with Crippen LogP contribution in [-0.2, 0) is 13.0 Å². The van der Waals surface area contributed by atoms with Gasteiger partial charge in [-0.1, -0.05) is 6.42 Å². The second-order valence-corrected chi connectivity index (χ2v) is 7.32. The molecule has 5 heteroatoms. The molecule has 1 aromatic heterocycles. The molecule has 0 spiro atoms. The quantitative estimate of drug-likeness (QED) is 0.925. The van der Waals surface area contributed by atoms with Crippen molar-refractivity contribution in [1.29, 1.82) is 0 Å². The molecule has 1 saturated heterocycles. The molecule has 1 aromatic rings. The van der Waals surface area contributed by atoms with Crippen LogP contribution in [0.15, 0.2) is 0 Å². The summed E-state index contributed by atoms with van der Waals surface area (Å²) in [5.74, 6) is 2.84. The lowest BCUT2D eigenvalue weighted by Gasteiger charge is -2.35. The fourth-order valence-electron chi connectivity index (χ4n) is 3.77. The van der Waals surface area contributed by atoms with E-state index < -0.39 is 5.60 Å². The molecule has 2 aliphatic rings. The molecule has 1 atom stereocenters. The zero-order chi connectivity index (χ0) is 14.9. The third-order valence-electron chi connectivity index (χ3n) is 4.62. The molecule has 0 bridgehead atoms. The number of β-amino-alcohol motifs (C(OH)–C–C–N with tert-alkyl or cyclic N) is 1. The molecule has 118 valence electrons. The fraction of sp³-hybridized carbons (Fsp3) is 0.875. The first-order valence-electron chi connectivity index (χ1n) is 8.40. The van der Waals surface area contributed by atoms with Crippen LogP contribution in [0.25, 0.3) is 0 Å². The van der Waals surface area contributed by atoms with Crippen molar-refractivity contribution in [3.63, 3.8) is 0 Å². The number of piperidine rings is 1. The van der Waals surface area contributed by atoms with Gasteiger partial charge in [0.2, 0.25) is 0 Å². The average molecular weight is 292 g/mol. The standard InChI is InChI=1S/C16H28N4O/c1-16(2,21)12-19-9-6-7-13(11-19)15-18-17-14-8-4-3-5-10-20(14)15/h13,21H,3-12H2,1-2H3. The summed E-state index contributed by atoms with van der Waals surface area (Å²) in [5.41, 5.74) is -0.621. The van der Waals surface area contributed by atoms with Crippen molar-refractivity contribution in [2.24, 2.45) is 0 Å². The maximum absolute atomic E-state index is 10.0. The molecule has 5 nitrogen and oxygen atoms in total. The zero-order valence-electron chi connectivity index (χ0n) is 13.4. The first-order chi connectivity index (χ1) is 10.0. The van der Waals surface area contributed by atoms with Crippen molar-refractivity contribution in [1.82, 2.24) is 19.7 Å². The summed E-state index contributed by atoms with van der Waals surface area (Å²) < 4.78 is 2.38. The van der Waals surface area contributed by atoms with E-state index in [-0.39, 0.29) is 0 Å². The van der Waals surface area contributed by atoms with Gasteiger partial charge in [0.05, 0.1) is 5.60 Å². The van der Waals surface area contributed by atoms with E-state index in [2.05, 4.69) is 19.7 Å². The van der Waals surface area contributed by atoms with Crippen LogP contribution in [0, 0.1) is 0 Å². The van der Waals surface area contributed by atoms with Crippen LogP contribution in [0.1, 0.15) is 63.5 Å². The van der Waals surface area contributed by atoms with Crippen molar-refractivity contribution >= 4 is 0 Å². The zero-order valence-corrected chi connectivity index (χ0v) is 13.4. The Hall–Kier alpha value is -0.940. The molecule has 0 amide bonds. The van der Waals surface area contributed by atoms with E-state index in [0.29, 0.717) is 5.92 Å². The maximum Gasteiger partial charge on any atom is 0.137 e. The van der Waals surface area contributed by atoms with Gasteiger partial charge in [0.1, 0.15) is 11.6 Å². The molecule has 0 aromatic carbocycles. The van der Waals surface area contributed by atoms with Gasteiger partial charge in [0.15, 0.2) is 0 Å². The van der Waals surface area contributed by atoms with Crippen molar-refractivity contribution < 1.29 is 5.11 Å². The Kier molecular flexibility index (Phi) is 4.31. The van der Waals surface area contributed by atoms with Crippen LogP contribution in [0.4, 0.5) is 0 Å². The van der Waals surface area contributed by atoms with Gasteiger partial charge in [-0.15, -0.1) is 10.2 Å². The summed E-state index contributed by atoms with van der Waals surface area (Å²) in [6.07, 6.45) is 7.25. The molecule has 0 aliphatic carbocycles. The first-order valence-corrected chi connectivity index (χ1v) is 8.40. The van der Waals surface area contributed by atoms with E-state index >= 15 is 0 Å². The predicted octanol–water partition coefficient (Wildman–Crippen LogP) is 1.95. The first kappa shape index (κ1) is 15.0. The molecular weight excluding hydrogens is 264 g/mol. The topological polar surface area (TPSA) is 54.2 Å². The number of hydrogen-bond acceptors (Lipinski definition) is 4. The van der Waals surface area contributed by atoms with Gasteiger partial charge >= 0.3 is 0 Å². The molecule has 1 unspecified atom stereocenters. The Labute approximate surface area is 127 Å². The van der Waals surface area contributed by atoms with Crippen molar-refractivity contribution in [3.05, 3.63) is 11.6 Å². The lowest BCUT2D eigenvalue weighted by atomic mass is 9.95. The van der Waals surface area contributed by atoms with Gasteiger partial charge in [-0.25, -0.2) is 0 Å². The number of nitrogens with zero attached hydrogens (tertiary/aromatic N) is 4.